The molecule has 0 aliphatic heterocycles. The standard InChI is InChI=1S/C15H12N2O3/c1-10-13(14(18)12-8-5-9-20-12)15(19)17(16-10)11-6-3-2-4-7-11/h2-9,16H,1H3. The Morgan fingerprint density at radius 1 is 1.15 bits per heavy atom. The average Bonchev–Trinajstić information content (AvgIpc) is 3.08. The van der Waals surface area contributed by atoms with Crippen LogP contribution >= 0.6 is 0 Å². The largest absolute Gasteiger partial charge is 0.461 e. The third-order valence-electron chi connectivity index (χ3n) is 3.06. The van der Waals surface area contributed by atoms with Crippen molar-refractivity contribution in [2.75, 3.05) is 0 Å². The molecule has 0 radical (unpaired) electrons. The summed E-state index contributed by atoms with van der Waals surface area (Å²) < 4.78 is 6.42. The van der Waals surface area contributed by atoms with E-state index >= 15 is 0 Å². The van der Waals surface area contributed by atoms with E-state index in [0.29, 0.717) is 11.4 Å². The lowest BCUT2D eigenvalue weighted by Crippen LogP contribution is -2.20. The van der Waals surface area contributed by atoms with Crippen molar-refractivity contribution in [2.45, 2.75) is 6.92 Å². The summed E-state index contributed by atoms with van der Waals surface area (Å²) in [5.41, 5.74) is 0.915. The number of benzene rings is 1. The van der Waals surface area contributed by atoms with Gasteiger partial charge in [-0.15, -0.1) is 0 Å². The molecule has 0 aliphatic rings. The van der Waals surface area contributed by atoms with Crippen molar-refractivity contribution in [2.24, 2.45) is 0 Å². The molecule has 0 aliphatic carbocycles. The van der Waals surface area contributed by atoms with E-state index in [-0.39, 0.29) is 16.9 Å². The van der Waals surface area contributed by atoms with Crippen LogP contribution in [0.4, 0.5) is 0 Å². The molecule has 2 heterocycles. The first-order valence-corrected chi connectivity index (χ1v) is 6.13. The monoisotopic (exact) mass is 268 g/mol. The fourth-order valence-corrected chi connectivity index (χ4v) is 2.10. The van der Waals surface area contributed by atoms with E-state index in [1.165, 1.54) is 10.9 Å². The van der Waals surface area contributed by atoms with Gasteiger partial charge in [0.2, 0.25) is 5.78 Å². The molecule has 3 rings (SSSR count). The summed E-state index contributed by atoms with van der Waals surface area (Å²) in [5, 5.41) is 2.91. The molecule has 0 amide bonds. The molecular formula is C15H12N2O3. The maximum absolute atomic E-state index is 12.4. The number of nitrogens with zero attached hydrogens (tertiary/aromatic N) is 1. The van der Waals surface area contributed by atoms with Gasteiger partial charge in [0.1, 0.15) is 5.56 Å². The molecule has 3 aromatic rings. The zero-order chi connectivity index (χ0) is 14.1. The van der Waals surface area contributed by atoms with E-state index in [2.05, 4.69) is 5.10 Å². The van der Waals surface area contributed by atoms with Crippen LogP contribution in [0.25, 0.3) is 5.69 Å². The molecule has 1 aromatic carbocycles. The van der Waals surface area contributed by atoms with Gasteiger partial charge in [0.05, 0.1) is 12.0 Å². The second-order valence-electron chi connectivity index (χ2n) is 4.39. The van der Waals surface area contributed by atoms with E-state index in [1.807, 2.05) is 18.2 Å². The zero-order valence-corrected chi connectivity index (χ0v) is 10.8. The normalized spacial score (nSPS) is 10.7. The van der Waals surface area contributed by atoms with Crippen molar-refractivity contribution in [3.63, 3.8) is 0 Å². The summed E-state index contributed by atoms with van der Waals surface area (Å²) in [4.78, 5) is 24.7. The first-order chi connectivity index (χ1) is 9.68. The van der Waals surface area contributed by atoms with Crippen molar-refractivity contribution in [1.82, 2.24) is 9.78 Å². The van der Waals surface area contributed by atoms with Crippen molar-refractivity contribution < 1.29 is 9.21 Å². The van der Waals surface area contributed by atoms with E-state index in [9.17, 15) is 9.59 Å². The number of aryl methyl sites for hydroxylation is 1. The van der Waals surface area contributed by atoms with Crippen molar-refractivity contribution >= 4 is 5.78 Å². The number of ketones is 1. The highest BCUT2D eigenvalue weighted by atomic mass is 16.3. The van der Waals surface area contributed by atoms with Gasteiger partial charge in [-0.1, -0.05) is 18.2 Å². The Kier molecular flexibility index (Phi) is 2.87. The van der Waals surface area contributed by atoms with Gasteiger partial charge in [-0.2, -0.15) is 0 Å². The minimum Gasteiger partial charge on any atom is -0.461 e. The first kappa shape index (κ1) is 12.2. The van der Waals surface area contributed by atoms with Gasteiger partial charge in [-0.25, -0.2) is 4.68 Å². The molecule has 0 bridgehead atoms. The lowest BCUT2D eigenvalue weighted by molar-refractivity contribution is 0.101. The molecule has 1 N–H and O–H groups in total. The summed E-state index contributed by atoms with van der Waals surface area (Å²) in [6, 6.07) is 12.3. The lowest BCUT2D eigenvalue weighted by Gasteiger charge is -1.99. The second kappa shape index (κ2) is 4.70. The summed E-state index contributed by atoms with van der Waals surface area (Å²) in [7, 11) is 0. The number of furan rings is 1. The minimum absolute atomic E-state index is 0.101. The molecule has 0 spiro atoms. The number of nitrogens with one attached hydrogen (secondary N) is 1. The number of carbonyl (C=O) groups excluding carboxylic acids is 1. The molecule has 20 heavy (non-hydrogen) atoms. The van der Waals surface area contributed by atoms with Crippen LogP contribution in [0.5, 0.6) is 0 Å². The maximum atomic E-state index is 12.4. The summed E-state index contributed by atoms with van der Waals surface area (Å²) in [6.07, 6.45) is 1.41. The lowest BCUT2D eigenvalue weighted by atomic mass is 10.1. The van der Waals surface area contributed by atoms with Gasteiger partial charge < -0.3 is 4.42 Å². The molecule has 100 valence electrons. The van der Waals surface area contributed by atoms with Crippen LogP contribution < -0.4 is 5.56 Å². The predicted molar refractivity (Wildman–Crippen MR) is 73.3 cm³/mol. The highest BCUT2D eigenvalue weighted by Gasteiger charge is 2.22. The molecule has 0 saturated heterocycles. The fraction of sp³-hybridized carbons (Fsp3) is 0.0667. The van der Waals surface area contributed by atoms with Crippen LogP contribution in [0, 0.1) is 6.92 Å². The third-order valence-corrected chi connectivity index (χ3v) is 3.06. The van der Waals surface area contributed by atoms with Crippen LogP contribution in [-0.2, 0) is 0 Å². The highest BCUT2D eigenvalue weighted by Crippen LogP contribution is 2.12. The van der Waals surface area contributed by atoms with Crippen LogP contribution in [0.15, 0.2) is 57.9 Å². The SMILES string of the molecule is Cc1[nH]n(-c2ccccc2)c(=O)c1C(=O)c1ccco1. The van der Waals surface area contributed by atoms with E-state index in [4.69, 9.17) is 4.42 Å². The zero-order valence-electron chi connectivity index (χ0n) is 10.8. The van der Waals surface area contributed by atoms with Crippen LogP contribution in [0.3, 0.4) is 0 Å². The minimum atomic E-state index is -0.413. The highest BCUT2D eigenvalue weighted by molar-refractivity contribution is 6.07. The maximum Gasteiger partial charge on any atom is 0.282 e. The number of hydrogen-bond donors (Lipinski definition) is 1. The number of H-pyrrole nitrogens is 1. The van der Waals surface area contributed by atoms with Crippen LogP contribution in [0.2, 0.25) is 0 Å². The topological polar surface area (TPSA) is 68.0 Å². The van der Waals surface area contributed by atoms with Gasteiger partial charge in [0, 0.05) is 5.69 Å². The van der Waals surface area contributed by atoms with Gasteiger partial charge in [-0.05, 0) is 31.2 Å². The van der Waals surface area contributed by atoms with Gasteiger partial charge in [0.15, 0.2) is 5.76 Å². The number of hydrogen-bond acceptors (Lipinski definition) is 3. The Balaban J connectivity index is 2.13. The van der Waals surface area contributed by atoms with E-state index in [1.54, 1.807) is 31.2 Å². The van der Waals surface area contributed by atoms with Crippen molar-refractivity contribution in [3.05, 3.63) is 76.1 Å². The Morgan fingerprint density at radius 3 is 2.55 bits per heavy atom. The Bertz CT molecular complexity index is 796. The summed E-state index contributed by atoms with van der Waals surface area (Å²) in [6.45, 7) is 1.69. The van der Waals surface area contributed by atoms with E-state index in [0.717, 1.165) is 0 Å². The van der Waals surface area contributed by atoms with E-state index < -0.39 is 5.78 Å². The fourth-order valence-electron chi connectivity index (χ4n) is 2.10. The molecule has 0 saturated carbocycles. The predicted octanol–water partition coefficient (Wildman–Crippen LogP) is 2.30. The smallest absolute Gasteiger partial charge is 0.282 e. The van der Waals surface area contributed by atoms with Crippen molar-refractivity contribution in [1.29, 1.82) is 0 Å². The van der Waals surface area contributed by atoms with Gasteiger partial charge in [-0.3, -0.25) is 14.7 Å². The Hall–Kier alpha value is -2.82. The Labute approximate surface area is 114 Å². The quantitative estimate of drug-likeness (QED) is 0.741. The summed E-state index contributed by atoms with van der Waals surface area (Å²) in [5.74, 6) is -0.257. The van der Waals surface area contributed by atoms with Crippen LogP contribution in [-0.4, -0.2) is 15.6 Å². The Morgan fingerprint density at radius 2 is 1.90 bits per heavy atom. The third kappa shape index (κ3) is 1.89. The first-order valence-electron chi connectivity index (χ1n) is 6.13. The molecule has 2 aromatic heterocycles. The number of rotatable bonds is 3. The van der Waals surface area contributed by atoms with Gasteiger partial charge in [0.25, 0.3) is 5.56 Å². The molecular weight excluding hydrogens is 256 g/mol. The number of carbonyl (C=O) groups is 1. The number of para-hydroxylation sites is 1. The van der Waals surface area contributed by atoms with Crippen molar-refractivity contribution in [3.8, 4) is 5.69 Å². The number of aromatic nitrogens is 2. The molecule has 0 atom stereocenters. The second-order valence-corrected chi connectivity index (χ2v) is 4.39. The van der Waals surface area contributed by atoms with Gasteiger partial charge >= 0.3 is 0 Å². The molecule has 0 unspecified atom stereocenters. The average molecular weight is 268 g/mol. The van der Waals surface area contributed by atoms with Crippen LogP contribution in [0.1, 0.15) is 21.8 Å². The molecule has 5 heteroatoms. The number of aromatic amines is 1. The summed E-state index contributed by atoms with van der Waals surface area (Å²) >= 11 is 0. The molecule has 0 fully saturated rings. The molecule has 5 nitrogen and oxygen atoms in total.